The lowest BCUT2D eigenvalue weighted by Gasteiger charge is -2.05. The molecule has 1 unspecified atom stereocenters. The van der Waals surface area contributed by atoms with Gasteiger partial charge < -0.3 is 5.73 Å². The van der Waals surface area contributed by atoms with Crippen LogP contribution in [0.5, 0.6) is 0 Å². The van der Waals surface area contributed by atoms with Crippen molar-refractivity contribution >= 4 is 6.08 Å². The maximum Gasteiger partial charge on any atom is 0.0225 e. The Kier molecular flexibility index (Phi) is 2.92. The normalized spacial score (nSPS) is 19.0. The Morgan fingerprint density at radius 2 is 1.93 bits per heavy atom. The van der Waals surface area contributed by atoms with Crippen molar-refractivity contribution in [3.05, 3.63) is 41.0 Å². The van der Waals surface area contributed by atoms with Gasteiger partial charge in [0.05, 0.1) is 0 Å². The van der Waals surface area contributed by atoms with Crippen molar-refractivity contribution in [3.8, 4) is 0 Å². The first-order chi connectivity index (χ1) is 7.16. The van der Waals surface area contributed by atoms with Gasteiger partial charge in [-0.2, -0.15) is 0 Å². The monoisotopic (exact) mass is 201 g/mol. The molecule has 1 heteroatoms. The molecule has 15 heavy (non-hydrogen) atoms. The molecule has 0 amide bonds. The molecule has 0 spiro atoms. The van der Waals surface area contributed by atoms with Gasteiger partial charge >= 0.3 is 0 Å². The van der Waals surface area contributed by atoms with Crippen LogP contribution in [0.3, 0.4) is 0 Å². The topological polar surface area (TPSA) is 26.0 Å². The molecule has 0 bridgehead atoms. The first-order valence-electron chi connectivity index (χ1n) is 5.70. The standard InChI is InChI=1S/C14H19N/c1-10(11(2)15)9-12-3-5-13(6-4-12)14-7-8-14/h3-6,9,11,14H,7-8,15H2,1-2H3/b10-9+. The molecule has 1 atom stereocenters. The molecular formula is C14H19N. The van der Waals surface area contributed by atoms with E-state index in [2.05, 4.69) is 37.3 Å². The molecule has 1 aliphatic rings. The van der Waals surface area contributed by atoms with Gasteiger partial charge in [0.2, 0.25) is 0 Å². The minimum Gasteiger partial charge on any atom is -0.324 e. The molecular weight excluding hydrogens is 182 g/mol. The van der Waals surface area contributed by atoms with Gasteiger partial charge in [0, 0.05) is 6.04 Å². The fourth-order valence-electron chi connectivity index (χ4n) is 1.68. The zero-order valence-corrected chi connectivity index (χ0v) is 9.53. The van der Waals surface area contributed by atoms with E-state index in [0.29, 0.717) is 0 Å². The first-order valence-corrected chi connectivity index (χ1v) is 5.70. The van der Waals surface area contributed by atoms with Crippen LogP contribution in [0.25, 0.3) is 6.08 Å². The van der Waals surface area contributed by atoms with Crippen molar-refractivity contribution in [2.45, 2.75) is 38.6 Å². The van der Waals surface area contributed by atoms with Crippen LogP contribution in [0.2, 0.25) is 0 Å². The van der Waals surface area contributed by atoms with E-state index in [9.17, 15) is 0 Å². The third-order valence-electron chi connectivity index (χ3n) is 3.10. The Balaban J connectivity index is 2.12. The Hall–Kier alpha value is -1.08. The van der Waals surface area contributed by atoms with E-state index in [-0.39, 0.29) is 6.04 Å². The van der Waals surface area contributed by atoms with Gasteiger partial charge in [-0.25, -0.2) is 0 Å². The summed E-state index contributed by atoms with van der Waals surface area (Å²) in [4.78, 5) is 0. The van der Waals surface area contributed by atoms with Gasteiger partial charge in [-0.15, -0.1) is 0 Å². The molecule has 1 fully saturated rings. The lowest BCUT2D eigenvalue weighted by Crippen LogP contribution is -2.15. The Bertz CT molecular complexity index is 355. The molecule has 1 saturated carbocycles. The van der Waals surface area contributed by atoms with Crippen LogP contribution < -0.4 is 5.73 Å². The maximum atomic E-state index is 5.80. The largest absolute Gasteiger partial charge is 0.324 e. The van der Waals surface area contributed by atoms with Crippen LogP contribution in [0.15, 0.2) is 29.8 Å². The molecule has 1 aliphatic carbocycles. The van der Waals surface area contributed by atoms with Crippen LogP contribution >= 0.6 is 0 Å². The van der Waals surface area contributed by atoms with Crippen LogP contribution in [-0.2, 0) is 0 Å². The van der Waals surface area contributed by atoms with E-state index >= 15 is 0 Å². The lowest BCUT2D eigenvalue weighted by molar-refractivity contribution is 0.868. The molecule has 2 N–H and O–H groups in total. The Labute approximate surface area is 92.0 Å². The third-order valence-corrected chi connectivity index (χ3v) is 3.10. The fourth-order valence-corrected chi connectivity index (χ4v) is 1.68. The molecule has 0 aromatic heterocycles. The van der Waals surface area contributed by atoms with E-state index < -0.39 is 0 Å². The van der Waals surface area contributed by atoms with Gasteiger partial charge in [-0.1, -0.05) is 35.9 Å². The average Bonchev–Trinajstić information content (AvgIpc) is 3.02. The average molecular weight is 201 g/mol. The number of nitrogens with two attached hydrogens (primary N) is 1. The van der Waals surface area contributed by atoms with Gasteiger partial charge in [-0.05, 0) is 43.7 Å². The summed E-state index contributed by atoms with van der Waals surface area (Å²) in [5.74, 6) is 0.845. The predicted octanol–water partition coefficient (Wildman–Crippen LogP) is 3.31. The highest BCUT2D eigenvalue weighted by atomic mass is 14.6. The molecule has 0 saturated heterocycles. The number of rotatable bonds is 3. The first kappa shape index (κ1) is 10.4. The Morgan fingerprint density at radius 1 is 1.33 bits per heavy atom. The molecule has 1 nitrogen and oxygen atoms in total. The summed E-state index contributed by atoms with van der Waals surface area (Å²) in [6.07, 6.45) is 4.91. The number of benzene rings is 1. The summed E-state index contributed by atoms with van der Waals surface area (Å²) in [5, 5.41) is 0. The molecule has 0 heterocycles. The van der Waals surface area contributed by atoms with Crippen LogP contribution in [0, 0.1) is 0 Å². The zero-order chi connectivity index (χ0) is 10.8. The minimum absolute atomic E-state index is 0.146. The van der Waals surface area contributed by atoms with Crippen molar-refractivity contribution in [2.24, 2.45) is 5.73 Å². The molecule has 0 aliphatic heterocycles. The van der Waals surface area contributed by atoms with Crippen LogP contribution in [-0.4, -0.2) is 6.04 Å². The summed E-state index contributed by atoms with van der Waals surface area (Å²) in [7, 11) is 0. The van der Waals surface area contributed by atoms with E-state index in [0.717, 1.165) is 5.92 Å². The van der Waals surface area contributed by atoms with E-state index in [1.165, 1.54) is 29.5 Å². The zero-order valence-electron chi connectivity index (χ0n) is 9.53. The van der Waals surface area contributed by atoms with Crippen molar-refractivity contribution in [1.82, 2.24) is 0 Å². The summed E-state index contributed by atoms with van der Waals surface area (Å²) in [6.45, 7) is 4.10. The fraction of sp³-hybridized carbons (Fsp3) is 0.429. The molecule has 1 aromatic rings. The molecule has 0 radical (unpaired) electrons. The van der Waals surface area contributed by atoms with Crippen molar-refractivity contribution in [2.75, 3.05) is 0 Å². The van der Waals surface area contributed by atoms with Gasteiger partial charge in [0.15, 0.2) is 0 Å². The quantitative estimate of drug-likeness (QED) is 0.797. The highest BCUT2D eigenvalue weighted by Gasteiger charge is 2.22. The van der Waals surface area contributed by atoms with Crippen molar-refractivity contribution in [1.29, 1.82) is 0 Å². The van der Waals surface area contributed by atoms with Gasteiger partial charge in [-0.3, -0.25) is 0 Å². The second kappa shape index (κ2) is 4.19. The maximum absolute atomic E-state index is 5.80. The van der Waals surface area contributed by atoms with E-state index in [4.69, 9.17) is 5.73 Å². The highest BCUT2D eigenvalue weighted by Crippen LogP contribution is 2.39. The van der Waals surface area contributed by atoms with Crippen LogP contribution in [0.4, 0.5) is 0 Å². The van der Waals surface area contributed by atoms with Crippen LogP contribution in [0.1, 0.15) is 43.7 Å². The smallest absolute Gasteiger partial charge is 0.0225 e. The number of hydrogen-bond donors (Lipinski definition) is 1. The predicted molar refractivity (Wildman–Crippen MR) is 65.7 cm³/mol. The van der Waals surface area contributed by atoms with E-state index in [1.807, 2.05) is 6.92 Å². The number of hydrogen-bond acceptors (Lipinski definition) is 1. The summed E-state index contributed by atoms with van der Waals surface area (Å²) in [5.41, 5.74) is 9.78. The van der Waals surface area contributed by atoms with Gasteiger partial charge in [0.1, 0.15) is 0 Å². The molecule has 80 valence electrons. The summed E-state index contributed by atoms with van der Waals surface area (Å²) >= 11 is 0. The molecule has 1 aromatic carbocycles. The van der Waals surface area contributed by atoms with Crippen molar-refractivity contribution < 1.29 is 0 Å². The lowest BCUT2D eigenvalue weighted by atomic mass is 10.0. The second-order valence-electron chi connectivity index (χ2n) is 4.62. The van der Waals surface area contributed by atoms with E-state index in [1.54, 1.807) is 0 Å². The third kappa shape index (κ3) is 2.69. The second-order valence-corrected chi connectivity index (χ2v) is 4.62. The highest BCUT2D eigenvalue weighted by molar-refractivity contribution is 5.54. The molecule has 2 rings (SSSR count). The van der Waals surface area contributed by atoms with Gasteiger partial charge in [0.25, 0.3) is 0 Å². The summed E-state index contributed by atoms with van der Waals surface area (Å²) in [6, 6.07) is 9.03. The minimum atomic E-state index is 0.146. The SMILES string of the molecule is C/C(=C\c1ccc(C2CC2)cc1)C(C)N. The Morgan fingerprint density at radius 3 is 2.40 bits per heavy atom. The summed E-state index contributed by atoms with van der Waals surface area (Å²) < 4.78 is 0. The van der Waals surface area contributed by atoms with Crippen molar-refractivity contribution in [3.63, 3.8) is 0 Å².